The molecule has 0 spiro atoms. The van der Waals surface area contributed by atoms with Gasteiger partial charge >= 0.3 is 0 Å². The first-order chi connectivity index (χ1) is 36.0. The van der Waals surface area contributed by atoms with Crippen LogP contribution in [0.3, 0.4) is 0 Å². The maximum atomic E-state index is 12.9. The zero-order valence-corrected chi connectivity index (χ0v) is 49.5. The molecule has 0 bridgehead atoms. The lowest BCUT2D eigenvalue weighted by Gasteiger charge is -2.24. The van der Waals surface area contributed by atoms with Gasteiger partial charge in [0, 0.05) is 97.8 Å². The molecule has 0 atom stereocenters. The largest absolute Gasteiger partial charge is 0.356 e. The fourth-order valence-electron chi connectivity index (χ4n) is 10.1. The third kappa shape index (κ3) is 57.8. The third-order valence-corrected chi connectivity index (χ3v) is 15.2. The highest BCUT2D eigenvalue weighted by Crippen LogP contribution is 2.16. The van der Waals surface area contributed by atoms with Crippen LogP contribution in [0.1, 0.15) is 310 Å². The molecule has 0 saturated carbocycles. The van der Waals surface area contributed by atoms with Crippen LogP contribution in [-0.4, -0.2) is 106 Å². The molecule has 6 N–H and O–H groups in total. The first-order valence-corrected chi connectivity index (χ1v) is 32.6. The van der Waals surface area contributed by atoms with E-state index in [0.29, 0.717) is 45.4 Å². The maximum absolute atomic E-state index is 12.9. The van der Waals surface area contributed by atoms with E-state index in [2.05, 4.69) is 51.8 Å². The van der Waals surface area contributed by atoms with Crippen molar-refractivity contribution in [2.45, 2.75) is 310 Å². The van der Waals surface area contributed by atoms with Crippen LogP contribution >= 0.6 is 0 Å². The zero-order valence-electron chi connectivity index (χ0n) is 49.5. The predicted octanol–water partition coefficient (Wildman–Crippen LogP) is 15.1. The van der Waals surface area contributed by atoms with Gasteiger partial charge in [-0.3, -0.25) is 14.4 Å². The number of carbonyl (C=O) groups excluding carboxylic acids is 3. The van der Waals surface area contributed by atoms with E-state index in [1.807, 2.05) is 0 Å². The molecule has 0 heterocycles. The second-order valence-electron chi connectivity index (χ2n) is 22.3. The Bertz CT molecular complexity index is 1080. The van der Waals surface area contributed by atoms with E-state index in [1.165, 1.54) is 250 Å². The fraction of sp³-hybridized carbons (Fsp3) is 0.952. The summed E-state index contributed by atoms with van der Waals surface area (Å²) in [6.07, 6.45) is 57.4. The Kier molecular flexibility index (Phi) is 59.6. The van der Waals surface area contributed by atoms with Crippen LogP contribution in [0.25, 0.3) is 0 Å². The highest BCUT2D eigenvalue weighted by molar-refractivity contribution is 5.77. The van der Waals surface area contributed by atoms with E-state index in [9.17, 15) is 14.4 Å². The molecule has 0 aromatic heterocycles. The zero-order chi connectivity index (χ0) is 53.0. The van der Waals surface area contributed by atoms with Gasteiger partial charge in [-0.25, -0.2) is 0 Å². The molecule has 0 aromatic rings. The van der Waals surface area contributed by atoms with E-state index < -0.39 is 0 Å². The summed E-state index contributed by atoms with van der Waals surface area (Å²) in [6, 6.07) is 0. The summed E-state index contributed by atoms with van der Waals surface area (Å²) in [4.78, 5) is 43.1. The summed E-state index contributed by atoms with van der Waals surface area (Å²) >= 11 is 0. The Labute approximate surface area is 455 Å². The molecule has 0 aliphatic heterocycles. The molecule has 0 aliphatic carbocycles. The van der Waals surface area contributed by atoms with Crippen molar-refractivity contribution in [2.24, 2.45) is 5.73 Å². The number of hydrogen-bond donors (Lipinski definition) is 5. The molecule has 10 nitrogen and oxygen atoms in total. The third-order valence-electron chi connectivity index (χ3n) is 15.2. The number of nitrogens with zero attached hydrogens (tertiary/aromatic N) is 2. The van der Waals surface area contributed by atoms with Gasteiger partial charge in [0.2, 0.25) is 17.7 Å². The molecular weight excluding hydrogens is 903 g/mol. The van der Waals surface area contributed by atoms with Gasteiger partial charge in [0.1, 0.15) is 0 Å². The van der Waals surface area contributed by atoms with E-state index in [-0.39, 0.29) is 17.7 Å². The summed E-state index contributed by atoms with van der Waals surface area (Å²) in [7, 11) is 0. The Hall–Kier alpha value is -1.75. The summed E-state index contributed by atoms with van der Waals surface area (Å²) in [5, 5.41) is 13.1. The number of unbranched alkanes of at least 4 members (excludes halogenated alkanes) is 39. The lowest BCUT2D eigenvalue weighted by Crippen LogP contribution is -2.41. The van der Waals surface area contributed by atoms with Gasteiger partial charge in [0.05, 0.1) is 0 Å². The first-order valence-electron chi connectivity index (χ1n) is 32.6. The molecule has 0 rings (SSSR count). The summed E-state index contributed by atoms with van der Waals surface area (Å²) in [6.45, 7) is 15.6. The maximum Gasteiger partial charge on any atom is 0.221 e. The Morgan fingerprint density at radius 1 is 0.274 bits per heavy atom. The molecular formula is C63H129N7O3. The van der Waals surface area contributed by atoms with E-state index >= 15 is 0 Å². The van der Waals surface area contributed by atoms with Crippen molar-refractivity contribution < 1.29 is 14.4 Å². The lowest BCUT2D eigenvalue weighted by molar-refractivity contribution is -0.122. The smallest absolute Gasteiger partial charge is 0.221 e. The van der Waals surface area contributed by atoms with Gasteiger partial charge in [-0.2, -0.15) is 0 Å². The van der Waals surface area contributed by atoms with Gasteiger partial charge in [0.25, 0.3) is 0 Å². The van der Waals surface area contributed by atoms with Crippen molar-refractivity contribution in [3.05, 3.63) is 0 Å². The molecule has 0 unspecified atom stereocenters. The molecule has 0 radical (unpaired) electrons. The van der Waals surface area contributed by atoms with Gasteiger partial charge in [-0.15, -0.1) is 0 Å². The number of nitrogens with two attached hydrogens (primary N) is 1. The van der Waals surface area contributed by atoms with E-state index in [4.69, 9.17) is 5.73 Å². The van der Waals surface area contributed by atoms with Gasteiger partial charge < -0.3 is 36.8 Å². The van der Waals surface area contributed by atoms with Gasteiger partial charge in [-0.1, -0.05) is 271 Å². The number of amides is 3. The first kappa shape index (κ1) is 71.2. The number of nitrogens with one attached hydrogen (secondary N) is 4. The van der Waals surface area contributed by atoms with Gasteiger partial charge in [0.15, 0.2) is 0 Å². The minimum atomic E-state index is 0.107. The standard InChI is InChI=1S/C63H129N7O3/c1-4-7-10-13-16-19-22-25-28-31-34-37-40-43-50-66-61(71)46-55-69(56-47-62(72)67-51-44-41-38-35-32-29-26-23-20-17-14-11-8-5-2)59-53-65-54-60-70(58-49-64)57-48-63(73)68-52-45-42-39-36-33-30-27-24-21-18-15-12-9-6-3/h65H,4-60,64H2,1-3H3,(H,66,71)(H,67,72)(H,68,73). The number of hydrogen-bond acceptors (Lipinski definition) is 7. The quantitative estimate of drug-likeness (QED) is 0.0383. The summed E-state index contributed by atoms with van der Waals surface area (Å²) in [5.41, 5.74) is 5.97. The van der Waals surface area contributed by atoms with Crippen LogP contribution in [0.2, 0.25) is 0 Å². The molecule has 0 aromatic carbocycles. The van der Waals surface area contributed by atoms with Gasteiger partial charge in [-0.05, 0) is 19.3 Å². The molecule has 73 heavy (non-hydrogen) atoms. The minimum Gasteiger partial charge on any atom is -0.356 e. The lowest BCUT2D eigenvalue weighted by atomic mass is 10.0. The fourth-order valence-corrected chi connectivity index (χ4v) is 10.1. The average molecular weight is 1030 g/mol. The van der Waals surface area contributed by atoms with E-state index in [1.54, 1.807) is 0 Å². The Morgan fingerprint density at radius 2 is 0.479 bits per heavy atom. The summed E-state index contributed by atoms with van der Waals surface area (Å²) in [5.74, 6) is 0.347. The highest BCUT2D eigenvalue weighted by Gasteiger charge is 2.12. The monoisotopic (exact) mass is 1030 g/mol. The number of carbonyl (C=O) groups is 3. The normalized spacial score (nSPS) is 11.6. The van der Waals surface area contributed by atoms with Crippen molar-refractivity contribution in [3.63, 3.8) is 0 Å². The summed E-state index contributed by atoms with van der Waals surface area (Å²) < 4.78 is 0. The molecule has 434 valence electrons. The van der Waals surface area contributed by atoms with Crippen molar-refractivity contribution in [1.82, 2.24) is 31.1 Å². The highest BCUT2D eigenvalue weighted by atomic mass is 16.2. The van der Waals surface area contributed by atoms with Crippen molar-refractivity contribution >= 4 is 17.7 Å². The van der Waals surface area contributed by atoms with Crippen LogP contribution < -0.4 is 27.0 Å². The molecule has 0 saturated heterocycles. The number of rotatable bonds is 62. The van der Waals surface area contributed by atoms with Crippen molar-refractivity contribution in [3.8, 4) is 0 Å². The molecule has 0 fully saturated rings. The van der Waals surface area contributed by atoms with Crippen LogP contribution in [0.15, 0.2) is 0 Å². The molecule has 0 aliphatic rings. The topological polar surface area (TPSA) is 132 Å². The van der Waals surface area contributed by atoms with Crippen molar-refractivity contribution in [1.29, 1.82) is 0 Å². The molecule has 3 amide bonds. The predicted molar refractivity (Wildman–Crippen MR) is 319 cm³/mol. The van der Waals surface area contributed by atoms with E-state index in [0.717, 1.165) is 71.6 Å². The van der Waals surface area contributed by atoms with Crippen LogP contribution in [0, 0.1) is 0 Å². The Balaban J connectivity index is 4.47. The van der Waals surface area contributed by atoms with Crippen LogP contribution in [-0.2, 0) is 14.4 Å². The SMILES string of the molecule is CCCCCCCCCCCCCCCCNC(=O)CCN(CCN)CCNCCN(CCC(=O)NCCCCCCCCCCCCCCCC)CCC(=O)NCCCCCCCCCCCCCCCC. The van der Waals surface area contributed by atoms with Crippen LogP contribution in [0.4, 0.5) is 0 Å². The van der Waals surface area contributed by atoms with Crippen LogP contribution in [0.5, 0.6) is 0 Å². The second-order valence-corrected chi connectivity index (χ2v) is 22.3. The Morgan fingerprint density at radius 3 is 0.699 bits per heavy atom. The van der Waals surface area contributed by atoms with Crippen molar-refractivity contribution in [2.75, 3.05) is 78.5 Å². The molecule has 10 heteroatoms. The second kappa shape index (κ2) is 61.1. The minimum absolute atomic E-state index is 0.107. The average Bonchev–Trinajstić information content (AvgIpc) is 3.39.